The number of piperidine rings is 1. The molecular weight excluding hydrogens is 138 g/mol. The Morgan fingerprint density at radius 3 is 3.00 bits per heavy atom. The molecule has 62 valence electrons. The van der Waals surface area contributed by atoms with Gasteiger partial charge in [-0.05, 0) is 25.2 Å². The fraction of sp³-hybridized carbons (Fsp3) is 0.889. The highest BCUT2D eigenvalue weighted by Gasteiger charge is 2.36. The van der Waals surface area contributed by atoms with Gasteiger partial charge in [-0.3, -0.25) is 4.79 Å². The van der Waals surface area contributed by atoms with Crippen molar-refractivity contribution >= 4 is 5.91 Å². The van der Waals surface area contributed by atoms with Crippen LogP contribution >= 0.6 is 0 Å². The van der Waals surface area contributed by atoms with Gasteiger partial charge in [-0.2, -0.15) is 0 Å². The van der Waals surface area contributed by atoms with Crippen molar-refractivity contribution in [3.8, 4) is 0 Å². The molecule has 0 radical (unpaired) electrons. The van der Waals surface area contributed by atoms with Gasteiger partial charge in [0.2, 0.25) is 5.91 Å². The molecule has 2 unspecified atom stereocenters. The topological polar surface area (TPSA) is 20.3 Å². The van der Waals surface area contributed by atoms with E-state index in [-0.39, 0.29) is 0 Å². The second-order valence-electron chi connectivity index (χ2n) is 3.80. The van der Waals surface area contributed by atoms with E-state index in [2.05, 4.69) is 0 Å². The van der Waals surface area contributed by atoms with Crippen LogP contribution in [-0.4, -0.2) is 23.9 Å². The van der Waals surface area contributed by atoms with Gasteiger partial charge < -0.3 is 4.90 Å². The molecule has 0 bridgehead atoms. The normalized spacial score (nSPS) is 37.5. The van der Waals surface area contributed by atoms with Crippen LogP contribution in [0.1, 0.15) is 32.1 Å². The summed E-state index contributed by atoms with van der Waals surface area (Å²) in [6, 6.07) is 0.594. The van der Waals surface area contributed by atoms with Crippen molar-refractivity contribution in [2.24, 2.45) is 5.92 Å². The molecule has 1 aliphatic carbocycles. The molecule has 0 aromatic rings. The summed E-state index contributed by atoms with van der Waals surface area (Å²) in [4.78, 5) is 13.2. The number of amides is 1. The lowest BCUT2D eigenvalue weighted by Gasteiger charge is -2.34. The molecule has 2 fully saturated rings. The van der Waals surface area contributed by atoms with Crippen molar-refractivity contribution in [2.75, 3.05) is 7.05 Å². The van der Waals surface area contributed by atoms with Crippen LogP contribution < -0.4 is 0 Å². The highest BCUT2D eigenvalue weighted by Crippen LogP contribution is 2.36. The minimum Gasteiger partial charge on any atom is -0.343 e. The van der Waals surface area contributed by atoms with Crippen LogP contribution in [0.4, 0.5) is 0 Å². The van der Waals surface area contributed by atoms with Crippen molar-refractivity contribution in [1.29, 1.82) is 0 Å². The molecular formula is C9H15NO. The highest BCUT2D eigenvalue weighted by molar-refractivity contribution is 5.77. The van der Waals surface area contributed by atoms with E-state index in [0.29, 0.717) is 11.9 Å². The third kappa shape index (κ3) is 1.05. The number of hydrogen-bond acceptors (Lipinski definition) is 1. The minimum atomic E-state index is 0.355. The highest BCUT2D eigenvalue weighted by atomic mass is 16.2. The maximum Gasteiger partial charge on any atom is 0.222 e. The van der Waals surface area contributed by atoms with Crippen molar-refractivity contribution < 1.29 is 4.79 Å². The molecule has 2 aliphatic rings. The molecule has 0 aromatic heterocycles. The van der Waals surface area contributed by atoms with E-state index in [0.717, 1.165) is 18.8 Å². The summed E-state index contributed by atoms with van der Waals surface area (Å²) < 4.78 is 0. The third-order valence-corrected chi connectivity index (χ3v) is 3.24. The molecule has 2 heteroatoms. The Hall–Kier alpha value is -0.530. The van der Waals surface area contributed by atoms with E-state index in [1.807, 2.05) is 11.9 Å². The van der Waals surface area contributed by atoms with E-state index in [4.69, 9.17) is 0 Å². The lowest BCUT2D eigenvalue weighted by molar-refractivity contribution is -0.135. The zero-order chi connectivity index (χ0) is 7.84. The Labute approximate surface area is 67.6 Å². The average Bonchev–Trinajstić information content (AvgIpc) is 2.45. The van der Waals surface area contributed by atoms with Gasteiger partial charge in [0.1, 0.15) is 0 Å². The maximum absolute atomic E-state index is 11.3. The van der Waals surface area contributed by atoms with E-state index >= 15 is 0 Å². The predicted octanol–water partition coefficient (Wildman–Crippen LogP) is 1.41. The van der Waals surface area contributed by atoms with Gasteiger partial charge in [-0.1, -0.05) is 6.42 Å². The largest absolute Gasteiger partial charge is 0.343 e. The van der Waals surface area contributed by atoms with Crippen LogP contribution in [0.2, 0.25) is 0 Å². The van der Waals surface area contributed by atoms with Crippen molar-refractivity contribution in [1.82, 2.24) is 4.90 Å². The molecule has 1 saturated heterocycles. The first-order valence-corrected chi connectivity index (χ1v) is 4.54. The van der Waals surface area contributed by atoms with Gasteiger partial charge in [-0.25, -0.2) is 0 Å². The van der Waals surface area contributed by atoms with E-state index in [1.165, 1.54) is 19.3 Å². The third-order valence-electron chi connectivity index (χ3n) is 3.24. The van der Waals surface area contributed by atoms with Crippen molar-refractivity contribution in [2.45, 2.75) is 38.1 Å². The number of fused-ring (bicyclic) bond motifs is 1. The van der Waals surface area contributed by atoms with Crippen LogP contribution in [0.3, 0.4) is 0 Å². The second kappa shape index (κ2) is 2.50. The van der Waals surface area contributed by atoms with E-state index in [9.17, 15) is 4.79 Å². The first-order chi connectivity index (χ1) is 5.29. The number of carbonyl (C=O) groups is 1. The van der Waals surface area contributed by atoms with Gasteiger partial charge in [-0.15, -0.1) is 0 Å². The number of hydrogen-bond donors (Lipinski definition) is 0. The van der Waals surface area contributed by atoms with Gasteiger partial charge in [0, 0.05) is 19.5 Å². The fourth-order valence-electron chi connectivity index (χ4n) is 2.53. The quantitative estimate of drug-likeness (QED) is 0.515. The summed E-state index contributed by atoms with van der Waals surface area (Å²) in [5.41, 5.74) is 0. The van der Waals surface area contributed by atoms with Crippen molar-refractivity contribution in [3.05, 3.63) is 0 Å². The Morgan fingerprint density at radius 1 is 1.36 bits per heavy atom. The molecule has 1 saturated carbocycles. The minimum absolute atomic E-state index is 0.355. The zero-order valence-corrected chi connectivity index (χ0v) is 7.05. The van der Waals surface area contributed by atoms with Crippen LogP contribution in [0.5, 0.6) is 0 Å². The zero-order valence-electron chi connectivity index (χ0n) is 7.05. The second-order valence-corrected chi connectivity index (χ2v) is 3.80. The average molecular weight is 153 g/mol. The number of rotatable bonds is 0. The molecule has 2 rings (SSSR count). The Bertz CT molecular complexity index is 178. The molecule has 0 aromatic carbocycles. The summed E-state index contributed by atoms with van der Waals surface area (Å²) in [6.45, 7) is 0. The molecule has 11 heavy (non-hydrogen) atoms. The van der Waals surface area contributed by atoms with Crippen molar-refractivity contribution in [3.63, 3.8) is 0 Å². The summed E-state index contributed by atoms with van der Waals surface area (Å²) in [5, 5.41) is 0. The number of nitrogens with zero attached hydrogens (tertiary/aromatic N) is 1. The predicted molar refractivity (Wildman–Crippen MR) is 43.1 cm³/mol. The molecule has 1 heterocycles. The van der Waals surface area contributed by atoms with Crippen LogP contribution in [-0.2, 0) is 4.79 Å². The summed E-state index contributed by atoms with van der Waals surface area (Å²) in [5.74, 6) is 1.19. The lowest BCUT2D eigenvalue weighted by Crippen LogP contribution is -2.43. The van der Waals surface area contributed by atoms with Gasteiger partial charge >= 0.3 is 0 Å². The monoisotopic (exact) mass is 153 g/mol. The molecule has 0 spiro atoms. The molecule has 2 nitrogen and oxygen atoms in total. The Balaban J connectivity index is 2.11. The van der Waals surface area contributed by atoms with E-state index in [1.54, 1.807) is 0 Å². The summed E-state index contributed by atoms with van der Waals surface area (Å²) >= 11 is 0. The van der Waals surface area contributed by atoms with E-state index < -0.39 is 0 Å². The van der Waals surface area contributed by atoms with Gasteiger partial charge in [0.15, 0.2) is 0 Å². The summed E-state index contributed by atoms with van der Waals surface area (Å²) in [6.07, 6.45) is 5.85. The smallest absolute Gasteiger partial charge is 0.222 e. The fourth-order valence-corrected chi connectivity index (χ4v) is 2.53. The first-order valence-electron chi connectivity index (χ1n) is 4.54. The van der Waals surface area contributed by atoms with Crippen LogP contribution in [0.25, 0.3) is 0 Å². The first kappa shape index (κ1) is 7.14. The van der Waals surface area contributed by atoms with Gasteiger partial charge in [0.05, 0.1) is 0 Å². The maximum atomic E-state index is 11.3. The lowest BCUT2D eigenvalue weighted by atomic mass is 9.92. The molecule has 1 amide bonds. The molecule has 2 atom stereocenters. The molecule has 0 N–H and O–H groups in total. The van der Waals surface area contributed by atoms with Crippen LogP contribution in [0, 0.1) is 5.92 Å². The Morgan fingerprint density at radius 2 is 2.18 bits per heavy atom. The molecule has 1 aliphatic heterocycles. The number of carbonyl (C=O) groups excluding carboxylic acids is 1. The Kier molecular flexibility index (Phi) is 1.63. The SMILES string of the molecule is CN1C(=O)CCC2CCCC21. The van der Waals surface area contributed by atoms with Crippen LogP contribution in [0.15, 0.2) is 0 Å². The number of likely N-dealkylation sites (tertiary alicyclic amines) is 1. The van der Waals surface area contributed by atoms with Gasteiger partial charge in [0.25, 0.3) is 0 Å². The standard InChI is InChI=1S/C9H15NO/c1-10-8-4-2-3-7(8)5-6-9(10)11/h7-8H,2-6H2,1H3. The summed E-state index contributed by atoms with van der Waals surface area (Å²) in [7, 11) is 1.96.